The van der Waals surface area contributed by atoms with Gasteiger partial charge < -0.3 is 19.4 Å². The smallest absolute Gasteiger partial charge is 0.416 e. The number of hydrogen-bond donors (Lipinski definition) is 2. The zero-order valence-electron chi connectivity index (χ0n) is 21.1. The van der Waals surface area contributed by atoms with Gasteiger partial charge in [0.25, 0.3) is 0 Å². The maximum atomic E-state index is 13.0. The number of hydrogen-bond acceptors (Lipinski definition) is 8. The minimum Gasteiger partial charge on any atom is -0.457 e. The van der Waals surface area contributed by atoms with E-state index in [1.807, 2.05) is 22.9 Å². The molecule has 2 aromatic carbocycles. The largest absolute Gasteiger partial charge is 0.457 e. The summed E-state index contributed by atoms with van der Waals surface area (Å²) in [4.78, 5) is 8.73. The molecule has 0 saturated carbocycles. The molecule has 2 aromatic heterocycles. The van der Waals surface area contributed by atoms with Gasteiger partial charge in [-0.25, -0.2) is 18.4 Å². The maximum Gasteiger partial charge on any atom is 0.416 e. The summed E-state index contributed by atoms with van der Waals surface area (Å²) in [6, 6.07) is 11.9. The van der Waals surface area contributed by atoms with E-state index in [-0.39, 0.29) is 23.8 Å². The monoisotopic (exact) mass is 561 g/mol. The van der Waals surface area contributed by atoms with E-state index >= 15 is 0 Å². The first-order valence-corrected chi connectivity index (χ1v) is 14.1. The number of nitrogens with zero attached hydrogens (tertiary/aromatic N) is 3. The fraction of sp³-hybridized carbons (Fsp3) is 0.308. The molecule has 1 fully saturated rings. The first-order valence-electron chi connectivity index (χ1n) is 12.1. The van der Waals surface area contributed by atoms with Crippen LogP contribution in [0.2, 0.25) is 0 Å². The maximum absolute atomic E-state index is 13.0. The highest BCUT2D eigenvalue weighted by molar-refractivity contribution is 7.90. The Morgan fingerprint density at radius 1 is 1.13 bits per heavy atom. The highest BCUT2D eigenvalue weighted by Crippen LogP contribution is 2.34. The molecule has 0 bridgehead atoms. The quantitative estimate of drug-likeness (QED) is 0.269. The van der Waals surface area contributed by atoms with Gasteiger partial charge >= 0.3 is 6.18 Å². The zero-order valence-corrected chi connectivity index (χ0v) is 21.9. The van der Waals surface area contributed by atoms with Gasteiger partial charge in [-0.15, -0.1) is 0 Å². The van der Waals surface area contributed by atoms with Gasteiger partial charge in [-0.3, -0.25) is 5.32 Å². The molecule has 13 heteroatoms. The molecule has 9 nitrogen and oxygen atoms in total. The third-order valence-electron chi connectivity index (χ3n) is 6.12. The lowest BCUT2D eigenvalue weighted by molar-refractivity contribution is -0.137. The van der Waals surface area contributed by atoms with Crippen molar-refractivity contribution in [2.24, 2.45) is 0 Å². The molecule has 2 atom stereocenters. The predicted octanol–water partition coefficient (Wildman–Crippen LogP) is 4.65. The van der Waals surface area contributed by atoms with Crippen LogP contribution in [0.15, 0.2) is 61.1 Å². The van der Waals surface area contributed by atoms with Crippen LogP contribution < -0.4 is 15.4 Å². The lowest BCUT2D eigenvalue weighted by atomic mass is 10.2. The average molecular weight is 562 g/mol. The second-order valence-corrected chi connectivity index (χ2v) is 11.5. The van der Waals surface area contributed by atoms with Crippen LogP contribution in [0.25, 0.3) is 11.0 Å². The molecule has 0 amide bonds. The van der Waals surface area contributed by atoms with Gasteiger partial charge in [0.2, 0.25) is 0 Å². The average Bonchev–Trinajstić information content (AvgIpc) is 3.43. The minimum atomic E-state index is -4.45. The van der Waals surface area contributed by atoms with E-state index in [2.05, 4.69) is 20.6 Å². The summed E-state index contributed by atoms with van der Waals surface area (Å²) < 4.78 is 75.0. The number of benzene rings is 2. The third-order valence-corrected chi connectivity index (χ3v) is 7.06. The Hall–Kier alpha value is -3.68. The lowest BCUT2D eigenvalue weighted by Crippen LogP contribution is -2.26. The summed E-state index contributed by atoms with van der Waals surface area (Å²) in [5, 5.41) is 6.49. The van der Waals surface area contributed by atoms with Crippen LogP contribution in [-0.4, -0.2) is 53.8 Å². The molecule has 2 N–H and O–H groups in total. The summed E-state index contributed by atoms with van der Waals surface area (Å²) in [6.45, 7) is 2.92. The fourth-order valence-electron chi connectivity index (χ4n) is 4.23. The molecular weight excluding hydrogens is 535 g/mol. The van der Waals surface area contributed by atoms with Crippen molar-refractivity contribution < 1.29 is 31.1 Å². The van der Waals surface area contributed by atoms with Crippen molar-refractivity contribution in [3.63, 3.8) is 0 Å². The van der Waals surface area contributed by atoms with E-state index < -0.39 is 21.6 Å². The van der Waals surface area contributed by atoms with Crippen LogP contribution in [0.4, 0.5) is 24.7 Å². The number of ether oxygens (including phenoxy) is 2. The molecule has 1 saturated heterocycles. The Kier molecular flexibility index (Phi) is 7.23. The topological polar surface area (TPSA) is 111 Å². The fourth-order valence-corrected chi connectivity index (χ4v) is 5.08. The number of halogens is 3. The van der Waals surface area contributed by atoms with Gasteiger partial charge in [-0.05, 0) is 55.0 Å². The standard InChI is InChI=1S/C26H26F3N5O4S/c1-16-12-18(6-7-21(16)37-19-5-3-4-17(13-19)26(27,28)29)33-24-23-20(31-15-32-24)8-10-34(23)11-9-30-25-22(38-25)14-39(2,35)36/h3-8,10,12-13,15,22,25,30H,9,11,14H2,1-2H3,(H,31,32,33). The third kappa shape index (κ3) is 6.67. The highest BCUT2D eigenvalue weighted by Gasteiger charge is 2.40. The normalized spacial score (nSPS) is 17.4. The molecule has 39 heavy (non-hydrogen) atoms. The number of anilines is 2. The van der Waals surface area contributed by atoms with Crippen molar-refractivity contribution in [1.29, 1.82) is 0 Å². The molecule has 0 spiro atoms. The molecule has 1 aliphatic rings. The summed E-state index contributed by atoms with van der Waals surface area (Å²) in [7, 11) is -3.10. The Morgan fingerprint density at radius 2 is 1.95 bits per heavy atom. The van der Waals surface area contributed by atoms with Crippen molar-refractivity contribution in [3.8, 4) is 11.5 Å². The Labute approximate surface area is 222 Å². The summed E-state index contributed by atoms with van der Waals surface area (Å²) in [5.41, 5.74) is 2.18. The molecule has 5 rings (SSSR count). The van der Waals surface area contributed by atoms with Gasteiger partial charge in [-0.1, -0.05) is 6.07 Å². The number of aryl methyl sites for hydroxylation is 1. The van der Waals surface area contributed by atoms with Crippen LogP contribution in [0.5, 0.6) is 11.5 Å². The van der Waals surface area contributed by atoms with E-state index in [1.54, 1.807) is 19.1 Å². The Balaban J connectivity index is 1.26. The molecule has 206 valence electrons. The molecule has 1 aliphatic heterocycles. The lowest BCUT2D eigenvalue weighted by Gasteiger charge is -2.14. The number of epoxide rings is 1. The van der Waals surface area contributed by atoms with E-state index in [1.165, 1.54) is 24.7 Å². The van der Waals surface area contributed by atoms with E-state index in [4.69, 9.17) is 9.47 Å². The van der Waals surface area contributed by atoms with Crippen molar-refractivity contribution in [1.82, 2.24) is 19.9 Å². The molecule has 3 heterocycles. The van der Waals surface area contributed by atoms with Crippen LogP contribution in [-0.2, 0) is 27.3 Å². The van der Waals surface area contributed by atoms with Gasteiger partial charge in [-0.2, -0.15) is 13.2 Å². The first-order chi connectivity index (χ1) is 18.5. The highest BCUT2D eigenvalue weighted by atomic mass is 32.2. The first kappa shape index (κ1) is 26.9. The van der Waals surface area contributed by atoms with Gasteiger partial charge in [0, 0.05) is 31.2 Å². The Morgan fingerprint density at radius 3 is 2.69 bits per heavy atom. The van der Waals surface area contributed by atoms with Crippen LogP contribution in [0.1, 0.15) is 11.1 Å². The summed E-state index contributed by atoms with van der Waals surface area (Å²) in [6.07, 6.45) is -0.527. The number of fused-ring (bicyclic) bond motifs is 1. The summed E-state index contributed by atoms with van der Waals surface area (Å²) in [5.74, 6) is 1.09. The molecule has 2 unspecified atom stereocenters. The van der Waals surface area contributed by atoms with E-state index in [0.717, 1.165) is 28.7 Å². The second kappa shape index (κ2) is 10.5. The second-order valence-electron chi connectivity index (χ2n) is 9.34. The predicted molar refractivity (Wildman–Crippen MR) is 140 cm³/mol. The number of nitrogens with one attached hydrogen (secondary N) is 2. The number of sulfone groups is 1. The minimum absolute atomic E-state index is 0.0117. The van der Waals surface area contributed by atoms with Gasteiger partial charge in [0.15, 0.2) is 5.82 Å². The number of aromatic nitrogens is 3. The van der Waals surface area contributed by atoms with Crippen molar-refractivity contribution >= 4 is 32.4 Å². The number of alkyl halides is 3. The number of rotatable bonds is 10. The Bertz CT molecular complexity index is 1610. The van der Waals surface area contributed by atoms with Crippen molar-refractivity contribution in [2.45, 2.75) is 32.0 Å². The van der Waals surface area contributed by atoms with Crippen molar-refractivity contribution in [2.75, 3.05) is 23.9 Å². The van der Waals surface area contributed by atoms with Gasteiger partial charge in [0.05, 0.1) is 16.8 Å². The van der Waals surface area contributed by atoms with E-state index in [9.17, 15) is 21.6 Å². The van der Waals surface area contributed by atoms with E-state index in [0.29, 0.717) is 30.3 Å². The molecule has 4 aromatic rings. The van der Waals surface area contributed by atoms with Crippen LogP contribution >= 0.6 is 0 Å². The van der Waals surface area contributed by atoms with Gasteiger partial charge in [0.1, 0.15) is 45.5 Å². The van der Waals surface area contributed by atoms with Crippen LogP contribution in [0, 0.1) is 6.92 Å². The molecular formula is C26H26F3N5O4S. The summed E-state index contributed by atoms with van der Waals surface area (Å²) >= 11 is 0. The van der Waals surface area contributed by atoms with Crippen LogP contribution in [0.3, 0.4) is 0 Å². The SMILES string of the molecule is Cc1cc(Nc2ncnc3ccn(CCNC4OC4CS(C)(=O)=O)c23)ccc1Oc1cccc(C(F)(F)F)c1. The molecule has 0 radical (unpaired) electrons. The zero-order chi connectivity index (χ0) is 27.8. The van der Waals surface area contributed by atoms with Crippen molar-refractivity contribution in [3.05, 3.63) is 72.2 Å². The molecule has 0 aliphatic carbocycles.